The zero-order chi connectivity index (χ0) is 31.2. The van der Waals surface area contributed by atoms with Crippen molar-refractivity contribution in [2.75, 3.05) is 19.7 Å². The van der Waals surface area contributed by atoms with E-state index in [2.05, 4.69) is 0 Å². The average molecular weight is 625 g/mol. The Morgan fingerprint density at radius 2 is 1.56 bits per heavy atom. The Kier molecular flexibility index (Phi) is 8.51. The van der Waals surface area contributed by atoms with Crippen LogP contribution in [-0.4, -0.2) is 62.5 Å². The molecule has 3 aromatic rings. The van der Waals surface area contributed by atoms with Gasteiger partial charge in [0.15, 0.2) is 0 Å². The maximum absolute atomic E-state index is 14.8. The molecule has 0 saturated carbocycles. The molecule has 10 heteroatoms. The van der Waals surface area contributed by atoms with E-state index >= 15 is 0 Å². The van der Waals surface area contributed by atoms with Gasteiger partial charge in [0.05, 0.1) is 18.3 Å². The zero-order valence-electron chi connectivity index (χ0n) is 25.6. The lowest BCUT2D eigenvalue weighted by molar-refractivity contribution is 0.0689. The first kappa shape index (κ1) is 31.2. The van der Waals surface area contributed by atoms with E-state index in [1.165, 1.54) is 0 Å². The van der Waals surface area contributed by atoms with Crippen LogP contribution in [0.4, 0.5) is 4.79 Å². The van der Waals surface area contributed by atoms with Crippen LogP contribution in [0.5, 0.6) is 5.88 Å². The number of likely N-dealkylation sites (tertiary alicyclic amines) is 1. The molecule has 5 rings (SSSR count). The average Bonchev–Trinajstić information content (AvgIpc) is 3.21. The summed E-state index contributed by atoms with van der Waals surface area (Å²) in [7, 11) is 0. The molecular formula is C33H39Cl2N5O3. The number of hydrogen-bond donors (Lipinski definition) is 1. The van der Waals surface area contributed by atoms with Crippen molar-refractivity contribution in [1.29, 1.82) is 0 Å². The molecule has 43 heavy (non-hydrogen) atoms. The standard InChI is InChI=1S/C33H39Cl2N5O3/c1-7-43-28-26(20-36-29(37-28)31(2,3)4)27-38-32(5,21-8-12-23(34)13-9-21)33(6,22-10-14-24(35)15-11-22)40(27)30(42)39-18-16-25(41)17-19-39/h8-15,20,25,41H,7,16-19H2,1-6H3. The second-order valence-corrected chi connectivity index (χ2v) is 13.4. The molecule has 0 aliphatic carbocycles. The molecule has 3 heterocycles. The van der Waals surface area contributed by atoms with E-state index in [-0.39, 0.29) is 11.4 Å². The van der Waals surface area contributed by atoms with Gasteiger partial charge >= 0.3 is 6.03 Å². The summed E-state index contributed by atoms with van der Waals surface area (Å²) in [6.45, 7) is 13.3. The van der Waals surface area contributed by atoms with E-state index < -0.39 is 17.2 Å². The molecule has 1 saturated heterocycles. The zero-order valence-corrected chi connectivity index (χ0v) is 27.1. The van der Waals surface area contributed by atoms with Crippen molar-refractivity contribution in [1.82, 2.24) is 19.8 Å². The number of aliphatic imine (C=N–C) groups is 1. The van der Waals surface area contributed by atoms with Gasteiger partial charge in [0.25, 0.3) is 0 Å². The highest BCUT2D eigenvalue weighted by Gasteiger charge is 2.60. The van der Waals surface area contributed by atoms with Crippen LogP contribution >= 0.6 is 23.2 Å². The molecule has 2 aliphatic rings. The number of nitrogens with zero attached hydrogens (tertiary/aromatic N) is 5. The predicted octanol–water partition coefficient (Wildman–Crippen LogP) is 6.95. The molecule has 0 bridgehead atoms. The second-order valence-electron chi connectivity index (χ2n) is 12.5. The third-order valence-corrected chi connectivity index (χ3v) is 9.13. The van der Waals surface area contributed by atoms with E-state index in [9.17, 15) is 9.90 Å². The van der Waals surface area contributed by atoms with Gasteiger partial charge in [-0.1, -0.05) is 68.2 Å². The Balaban J connectivity index is 1.79. The molecule has 1 aromatic heterocycles. The molecule has 228 valence electrons. The maximum Gasteiger partial charge on any atom is 0.326 e. The smallest absolute Gasteiger partial charge is 0.326 e. The molecule has 8 nitrogen and oxygen atoms in total. The Hall–Kier alpha value is -3.20. The number of ether oxygens (including phenoxy) is 1. The summed E-state index contributed by atoms with van der Waals surface area (Å²) in [5, 5.41) is 11.4. The van der Waals surface area contributed by atoms with E-state index in [0.29, 0.717) is 65.7 Å². The number of urea groups is 1. The Bertz CT molecular complexity index is 1510. The minimum absolute atomic E-state index is 0.219. The van der Waals surface area contributed by atoms with Crippen molar-refractivity contribution in [3.05, 3.63) is 87.3 Å². The van der Waals surface area contributed by atoms with Crippen molar-refractivity contribution in [3.63, 3.8) is 0 Å². The predicted molar refractivity (Wildman–Crippen MR) is 170 cm³/mol. The topological polar surface area (TPSA) is 91.2 Å². The van der Waals surface area contributed by atoms with Crippen LogP contribution in [0.2, 0.25) is 10.0 Å². The normalized spacial score (nSPS) is 23.0. The number of aliphatic hydroxyl groups is 1. The van der Waals surface area contributed by atoms with Gasteiger partial charge in [-0.05, 0) is 69.0 Å². The van der Waals surface area contributed by atoms with Crippen molar-refractivity contribution >= 4 is 35.1 Å². The van der Waals surface area contributed by atoms with Crippen LogP contribution in [0.1, 0.15) is 76.9 Å². The maximum atomic E-state index is 14.8. The second kappa shape index (κ2) is 11.7. The molecule has 2 aliphatic heterocycles. The lowest BCUT2D eigenvalue weighted by atomic mass is 9.71. The number of halogens is 2. The first-order valence-corrected chi connectivity index (χ1v) is 15.4. The van der Waals surface area contributed by atoms with Crippen LogP contribution in [-0.2, 0) is 16.5 Å². The highest BCUT2D eigenvalue weighted by Crippen LogP contribution is 2.54. The third kappa shape index (κ3) is 5.61. The summed E-state index contributed by atoms with van der Waals surface area (Å²) < 4.78 is 6.10. The molecule has 2 aromatic carbocycles. The number of aliphatic hydroxyl groups excluding tert-OH is 1. The first-order valence-electron chi connectivity index (χ1n) is 14.7. The third-order valence-electron chi connectivity index (χ3n) is 8.62. The lowest BCUT2D eigenvalue weighted by Crippen LogP contribution is -2.59. The van der Waals surface area contributed by atoms with Crippen molar-refractivity contribution in [3.8, 4) is 5.88 Å². The monoisotopic (exact) mass is 623 g/mol. The van der Waals surface area contributed by atoms with Crippen molar-refractivity contribution in [2.24, 2.45) is 4.99 Å². The number of amidine groups is 1. The van der Waals surface area contributed by atoms with Gasteiger partial charge in [-0.25, -0.2) is 9.78 Å². The number of rotatable bonds is 5. The molecule has 2 unspecified atom stereocenters. The van der Waals surface area contributed by atoms with Gasteiger partial charge < -0.3 is 14.7 Å². The minimum atomic E-state index is -1.03. The number of piperidine rings is 1. The largest absolute Gasteiger partial charge is 0.477 e. The van der Waals surface area contributed by atoms with Gasteiger partial charge in [0.2, 0.25) is 5.88 Å². The van der Waals surface area contributed by atoms with E-state index in [0.717, 1.165) is 11.1 Å². The van der Waals surface area contributed by atoms with Crippen LogP contribution in [0.3, 0.4) is 0 Å². The Morgan fingerprint density at radius 1 is 1.00 bits per heavy atom. The highest BCUT2D eigenvalue weighted by atomic mass is 35.5. The van der Waals surface area contributed by atoms with Gasteiger partial charge in [0.1, 0.15) is 22.7 Å². The lowest BCUT2D eigenvalue weighted by Gasteiger charge is -2.47. The minimum Gasteiger partial charge on any atom is -0.477 e. The number of amides is 2. The van der Waals surface area contributed by atoms with Crippen LogP contribution in [0, 0.1) is 0 Å². The van der Waals surface area contributed by atoms with Crippen LogP contribution in [0.15, 0.2) is 59.7 Å². The quantitative estimate of drug-likeness (QED) is 0.332. The van der Waals surface area contributed by atoms with E-state index in [1.807, 2.05) is 90.1 Å². The summed E-state index contributed by atoms with van der Waals surface area (Å²) in [6, 6.07) is 14.9. The molecule has 2 amide bonds. The van der Waals surface area contributed by atoms with Gasteiger partial charge in [0, 0.05) is 34.7 Å². The summed E-state index contributed by atoms with van der Waals surface area (Å²) in [5.41, 5.74) is -0.0668. The fraction of sp³-hybridized carbons (Fsp3) is 0.455. The summed E-state index contributed by atoms with van der Waals surface area (Å²) in [5.74, 6) is 1.41. The van der Waals surface area contributed by atoms with Crippen LogP contribution < -0.4 is 4.74 Å². The number of carbonyl (C=O) groups excluding carboxylic acids is 1. The molecule has 0 radical (unpaired) electrons. The van der Waals surface area contributed by atoms with Gasteiger partial charge in [-0.3, -0.25) is 9.89 Å². The summed E-state index contributed by atoms with van der Waals surface area (Å²) in [4.78, 5) is 33.3. The number of hydrogen-bond acceptors (Lipinski definition) is 6. The highest BCUT2D eigenvalue weighted by molar-refractivity contribution is 6.30. The van der Waals surface area contributed by atoms with Gasteiger partial charge in [-0.2, -0.15) is 4.98 Å². The number of benzene rings is 2. The SMILES string of the molecule is CCOc1nc(C(C)(C)C)ncc1C1=NC(C)(c2ccc(Cl)cc2)C(C)(c2ccc(Cl)cc2)N1C(=O)N1CCC(O)CC1. The molecular weight excluding hydrogens is 585 g/mol. The number of carbonyl (C=O) groups is 1. The fourth-order valence-electron chi connectivity index (χ4n) is 5.89. The number of aromatic nitrogens is 2. The Morgan fingerprint density at radius 3 is 2.09 bits per heavy atom. The van der Waals surface area contributed by atoms with Crippen molar-refractivity contribution in [2.45, 2.75) is 77.0 Å². The van der Waals surface area contributed by atoms with E-state index in [1.54, 1.807) is 16.0 Å². The first-order chi connectivity index (χ1) is 20.3. The van der Waals surface area contributed by atoms with Crippen molar-refractivity contribution < 1.29 is 14.6 Å². The molecule has 0 spiro atoms. The van der Waals surface area contributed by atoms with Crippen LogP contribution in [0.25, 0.3) is 0 Å². The summed E-state index contributed by atoms with van der Waals surface area (Å²) >= 11 is 12.7. The summed E-state index contributed by atoms with van der Waals surface area (Å²) in [6.07, 6.45) is 2.30. The Labute approximate surface area is 263 Å². The molecule has 1 N–H and O–H groups in total. The molecule has 1 fully saturated rings. The fourth-order valence-corrected chi connectivity index (χ4v) is 6.15. The van der Waals surface area contributed by atoms with E-state index in [4.69, 9.17) is 42.9 Å². The molecule has 2 atom stereocenters. The van der Waals surface area contributed by atoms with Gasteiger partial charge in [-0.15, -0.1) is 0 Å².